The number of ether oxygens (including phenoxy) is 1. The van der Waals surface area contributed by atoms with Gasteiger partial charge in [-0.2, -0.15) is 0 Å². The van der Waals surface area contributed by atoms with Crippen LogP contribution in [0.25, 0.3) is 0 Å². The molecule has 1 N–H and O–H groups in total. The molecule has 0 radical (unpaired) electrons. The third-order valence-electron chi connectivity index (χ3n) is 5.19. The van der Waals surface area contributed by atoms with Crippen molar-refractivity contribution in [3.8, 4) is 5.75 Å². The number of hydrogen-bond donors (Lipinski definition) is 1. The summed E-state index contributed by atoms with van der Waals surface area (Å²) in [4.78, 5) is 12.9. The molecule has 2 atom stereocenters. The number of anilines is 1. The van der Waals surface area contributed by atoms with Crippen LogP contribution in [0.2, 0.25) is 5.02 Å². The highest BCUT2D eigenvalue weighted by Crippen LogP contribution is 2.37. The molecule has 0 saturated heterocycles. The van der Waals surface area contributed by atoms with E-state index in [0.29, 0.717) is 16.5 Å². The number of carbonyl (C=O) groups excluding carboxylic acids is 1. The molecule has 156 valence electrons. The second kappa shape index (κ2) is 7.88. The summed E-state index contributed by atoms with van der Waals surface area (Å²) in [6, 6.07) is 8.61. The van der Waals surface area contributed by atoms with Gasteiger partial charge >= 0.3 is 0 Å². The lowest BCUT2D eigenvalue weighted by molar-refractivity contribution is -0.128. The van der Waals surface area contributed by atoms with E-state index in [9.17, 15) is 13.2 Å². The average molecular weight is 437 g/mol. The maximum atomic E-state index is 12.9. The number of hydrogen-bond acceptors (Lipinski definition) is 4. The summed E-state index contributed by atoms with van der Waals surface area (Å²) in [5, 5.41) is 3.35. The van der Waals surface area contributed by atoms with Crippen LogP contribution in [-0.2, 0) is 14.8 Å². The summed E-state index contributed by atoms with van der Waals surface area (Å²) >= 11 is 6.01. The molecular weight excluding hydrogens is 412 g/mol. The standard InChI is InChI=1S/C21H25ClN2O4S/c1-12-8-14(3)17(9-13(12)2)15(4)23-21(25)20-11-24(29(5,26)27)18-10-16(22)6-7-19(18)28-20/h6-10,15,20H,11H2,1-5H3,(H,23,25)/t15-,20+/m0/s1. The van der Waals surface area contributed by atoms with E-state index in [2.05, 4.69) is 24.4 Å². The van der Waals surface area contributed by atoms with E-state index in [1.165, 1.54) is 11.6 Å². The van der Waals surface area contributed by atoms with Crippen molar-refractivity contribution in [3.05, 3.63) is 57.6 Å². The highest BCUT2D eigenvalue weighted by molar-refractivity contribution is 7.92. The van der Waals surface area contributed by atoms with E-state index in [0.717, 1.165) is 27.3 Å². The Morgan fingerprint density at radius 3 is 2.48 bits per heavy atom. The summed E-state index contributed by atoms with van der Waals surface area (Å²) < 4.78 is 31.5. The first-order valence-corrected chi connectivity index (χ1v) is 11.5. The van der Waals surface area contributed by atoms with Gasteiger partial charge in [-0.15, -0.1) is 0 Å². The van der Waals surface area contributed by atoms with Gasteiger partial charge in [-0.1, -0.05) is 23.7 Å². The Balaban J connectivity index is 1.85. The number of halogens is 1. The lowest BCUT2D eigenvalue weighted by atomic mass is 9.96. The number of benzene rings is 2. The van der Waals surface area contributed by atoms with E-state index in [1.807, 2.05) is 20.8 Å². The van der Waals surface area contributed by atoms with Crippen LogP contribution in [0.15, 0.2) is 30.3 Å². The lowest BCUT2D eigenvalue weighted by Gasteiger charge is -2.34. The largest absolute Gasteiger partial charge is 0.476 e. The monoisotopic (exact) mass is 436 g/mol. The molecule has 2 aromatic carbocycles. The number of nitrogens with one attached hydrogen (secondary N) is 1. The van der Waals surface area contributed by atoms with Gasteiger partial charge in [0, 0.05) is 5.02 Å². The van der Waals surface area contributed by atoms with Gasteiger partial charge in [0.15, 0.2) is 6.10 Å². The number of rotatable bonds is 4. The molecule has 0 spiro atoms. The highest BCUT2D eigenvalue weighted by atomic mass is 35.5. The van der Waals surface area contributed by atoms with Gasteiger partial charge in [-0.05, 0) is 68.1 Å². The maximum Gasteiger partial charge on any atom is 0.263 e. The van der Waals surface area contributed by atoms with Crippen LogP contribution in [0.3, 0.4) is 0 Å². The average Bonchev–Trinajstić information content (AvgIpc) is 2.62. The molecule has 1 heterocycles. The molecule has 0 aliphatic carbocycles. The first kappa shape index (κ1) is 21.5. The zero-order valence-corrected chi connectivity index (χ0v) is 18.7. The van der Waals surface area contributed by atoms with Crippen molar-refractivity contribution in [2.75, 3.05) is 17.1 Å². The molecule has 0 aromatic heterocycles. The predicted molar refractivity (Wildman–Crippen MR) is 115 cm³/mol. The summed E-state index contributed by atoms with van der Waals surface area (Å²) in [7, 11) is -3.61. The normalized spacial score (nSPS) is 17.3. The number of sulfonamides is 1. The number of aryl methyl sites for hydroxylation is 3. The van der Waals surface area contributed by atoms with Crippen molar-refractivity contribution in [2.24, 2.45) is 0 Å². The molecular formula is C21H25ClN2O4S. The Labute approximate surface area is 176 Å². The second-order valence-electron chi connectivity index (χ2n) is 7.54. The Morgan fingerprint density at radius 1 is 1.17 bits per heavy atom. The highest BCUT2D eigenvalue weighted by Gasteiger charge is 2.35. The van der Waals surface area contributed by atoms with E-state index in [4.69, 9.17) is 16.3 Å². The SMILES string of the molecule is Cc1cc(C)c([C@H](C)NC(=O)[C@H]2CN(S(C)(=O)=O)c3cc(Cl)ccc3O2)cc1C. The molecule has 0 saturated carbocycles. The van der Waals surface area contributed by atoms with Crippen molar-refractivity contribution in [2.45, 2.75) is 39.8 Å². The maximum absolute atomic E-state index is 12.9. The van der Waals surface area contributed by atoms with Crippen LogP contribution in [-0.4, -0.2) is 33.2 Å². The Bertz CT molecular complexity index is 1070. The second-order valence-corrected chi connectivity index (χ2v) is 9.88. The Hall–Kier alpha value is -2.25. The summed E-state index contributed by atoms with van der Waals surface area (Å²) in [5.74, 6) is -0.0642. The van der Waals surface area contributed by atoms with Gasteiger partial charge < -0.3 is 10.1 Å². The third-order valence-corrected chi connectivity index (χ3v) is 6.57. The number of amides is 1. The molecule has 1 aliphatic heterocycles. The first-order chi connectivity index (χ1) is 13.5. The number of nitrogens with zero attached hydrogens (tertiary/aromatic N) is 1. The van der Waals surface area contributed by atoms with Crippen molar-refractivity contribution < 1.29 is 17.9 Å². The van der Waals surface area contributed by atoms with Crippen LogP contribution in [0.4, 0.5) is 5.69 Å². The summed E-state index contributed by atoms with van der Waals surface area (Å²) in [6.45, 7) is 7.88. The van der Waals surface area contributed by atoms with Gasteiger partial charge in [0.1, 0.15) is 5.75 Å². The summed E-state index contributed by atoms with van der Waals surface area (Å²) in [5.41, 5.74) is 4.78. The third kappa shape index (κ3) is 4.51. The van der Waals surface area contributed by atoms with E-state index in [1.54, 1.807) is 12.1 Å². The molecule has 1 amide bonds. The minimum Gasteiger partial charge on any atom is -0.476 e. The first-order valence-electron chi connectivity index (χ1n) is 9.29. The van der Waals surface area contributed by atoms with Gasteiger partial charge in [-0.25, -0.2) is 8.42 Å². The zero-order chi connectivity index (χ0) is 21.5. The van der Waals surface area contributed by atoms with Crippen LogP contribution >= 0.6 is 11.6 Å². The van der Waals surface area contributed by atoms with Gasteiger partial charge in [0.05, 0.1) is 24.5 Å². The number of carbonyl (C=O) groups is 1. The van der Waals surface area contributed by atoms with Gasteiger partial charge in [0.25, 0.3) is 5.91 Å². The number of fused-ring (bicyclic) bond motifs is 1. The topological polar surface area (TPSA) is 75.7 Å². The molecule has 2 aromatic rings. The van der Waals surface area contributed by atoms with Crippen LogP contribution in [0.5, 0.6) is 5.75 Å². The zero-order valence-electron chi connectivity index (χ0n) is 17.1. The fourth-order valence-electron chi connectivity index (χ4n) is 3.51. The molecule has 0 fully saturated rings. The molecule has 0 unspecified atom stereocenters. The fraction of sp³-hybridized carbons (Fsp3) is 0.381. The molecule has 3 rings (SSSR count). The quantitative estimate of drug-likeness (QED) is 0.793. The molecule has 29 heavy (non-hydrogen) atoms. The molecule has 8 heteroatoms. The predicted octanol–water partition coefficient (Wildman–Crippen LogP) is 3.67. The molecule has 6 nitrogen and oxygen atoms in total. The van der Waals surface area contributed by atoms with Gasteiger partial charge in [-0.3, -0.25) is 9.10 Å². The molecule has 0 bridgehead atoms. The van der Waals surface area contributed by atoms with Crippen molar-refractivity contribution in [1.82, 2.24) is 5.32 Å². The van der Waals surface area contributed by atoms with Crippen LogP contribution in [0, 0.1) is 20.8 Å². The van der Waals surface area contributed by atoms with E-state index in [-0.39, 0.29) is 18.5 Å². The summed E-state index contributed by atoms with van der Waals surface area (Å²) in [6.07, 6.45) is 0.131. The minimum atomic E-state index is -3.61. The fourth-order valence-corrected chi connectivity index (χ4v) is 4.58. The van der Waals surface area contributed by atoms with Crippen molar-refractivity contribution in [3.63, 3.8) is 0 Å². The van der Waals surface area contributed by atoms with Crippen molar-refractivity contribution in [1.29, 1.82) is 0 Å². The Morgan fingerprint density at radius 2 is 1.83 bits per heavy atom. The van der Waals surface area contributed by atoms with E-state index >= 15 is 0 Å². The van der Waals surface area contributed by atoms with E-state index < -0.39 is 16.1 Å². The smallest absolute Gasteiger partial charge is 0.263 e. The Kier molecular flexibility index (Phi) is 5.83. The molecule has 1 aliphatic rings. The van der Waals surface area contributed by atoms with Crippen LogP contribution < -0.4 is 14.4 Å². The lowest BCUT2D eigenvalue weighted by Crippen LogP contribution is -2.50. The van der Waals surface area contributed by atoms with Gasteiger partial charge in [0.2, 0.25) is 10.0 Å². The van der Waals surface area contributed by atoms with Crippen LogP contribution in [0.1, 0.15) is 35.2 Å². The van der Waals surface area contributed by atoms with Crippen molar-refractivity contribution >= 4 is 33.2 Å². The minimum absolute atomic E-state index is 0.114.